The van der Waals surface area contributed by atoms with Crippen molar-refractivity contribution >= 4 is 17.3 Å². The highest BCUT2D eigenvalue weighted by atomic mass is 16.5. The lowest BCUT2D eigenvalue weighted by atomic mass is 9.85. The van der Waals surface area contributed by atoms with Crippen molar-refractivity contribution in [3.63, 3.8) is 0 Å². The monoisotopic (exact) mass is 423 g/mol. The van der Waals surface area contributed by atoms with Crippen molar-refractivity contribution in [1.29, 1.82) is 0 Å². The van der Waals surface area contributed by atoms with Crippen LogP contribution in [0.1, 0.15) is 52.4 Å². The number of piperidine rings is 1. The van der Waals surface area contributed by atoms with Gasteiger partial charge in [-0.2, -0.15) is 0 Å². The number of nitrogens with one attached hydrogen (secondary N) is 2. The zero-order valence-electron chi connectivity index (χ0n) is 18.8. The van der Waals surface area contributed by atoms with Crippen molar-refractivity contribution in [1.82, 2.24) is 27.5 Å². The van der Waals surface area contributed by atoms with Gasteiger partial charge in [0.15, 0.2) is 0 Å². The Morgan fingerprint density at radius 2 is 1.80 bits per heavy atom. The van der Waals surface area contributed by atoms with E-state index in [9.17, 15) is 4.79 Å². The third-order valence-corrected chi connectivity index (χ3v) is 5.75. The molecule has 2 aliphatic rings. The number of likely N-dealkylation sites (tertiary alicyclic amines) is 1. The van der Waals surface area contributed by atoms with Crippen LogP contribution in [0, 0.1) is 5.92 Å². The molecule has 0 atom stereocenters. The molecule has 1 aromatic rings. The number of aromatic nitrogens is 1. The first-order valence-electron chi connectivity index (χ1n) is 10.6. The fraction of sp³-hybridized carbons (Fsp3) is 0.714. The van der Waals surface area contributed by atoms with Crippen LogP contribution in [0.4, 0.5) is 11.4 Å². The van der Waals surface area contributed by atoms with E-state index in [1.54, 1.807) is 6.20 Å². The standard InChI is InChI=1S/C21H35N5O2.2H3N/c1-14(2)24-21(27)15-4-6-16(7-5-15)25-19-12-20(23-13-18(19)22)28-17-8-10-26(3)11-9-17;;/h12-17H,4-11,22H2,1-3H3,(H,23,25)(H,24,27);2*1H3. The molecule has 0 aromatic carbocycles. The van der Waals surface area contributed by atoms with Gasteiger partial charge in [-0.1, -0.05) is 0 Å². The molecule has 0 bridgehead atoms. The second-order valence-electron chi connectivity index (χ2n) is 8.59. The Kier molecular flexibility index (Phi) is 10.3. The van der Waals surface area contributed by atoms with Crippen LogP contribution in [0.5, 0.6) is 5.88 Å². The number of nitrogen functional groups attached to an aromatic ring is 1. The summed E-state index contributed by atoms with van der Waals surface area (Å²) >= 11 is 0. The third kappa shape index (κ3) is 7.30. The molecule has 9 heteroatoms. The lowest BCUT2D eigenvalue weighted by Gasteiger charge is -2.30. The summed E-state index contributed by atoms with van der Waals surface area (Å²) in [6.07, 6.45) is 7.66. The molecule has 1 aromatic heterocycles. The molecule has 1 aliphatic heterocycles. The largest absolute Gasteiger partial charge is 0.474 e. The van der Waals surface area contributed by atoms with E-state index < -0.39 is 0 Å². The molecule has 2 heterocycles. The van der Waals surface area contributed by atoms with E-state index in [1.165, 1.54) is 0 Å². The van der Waals surface area contributed by atoms with Gasteiger partial charge in [-0.3, -0.25) is 4.79 Å². The van der Waals surface area contributed by atoms with E-state index in [1.807, 2.05) is 19.9 Å². The maximum atomic E-state index is 12.2. The normalized spacial score (nSPS) is 22.5. The van der Waals surface area contributed by atoms with Crippen molar-refractivity contribution in [2.24, 2.45) is 5.92 Å². The molecule has 0 unspecified atom stereocenters. The number of carbonyl (C=O) groups excluding carboxylic acids is 1. The van der Waals surface area contributed by atoms with Crippen molar-refractivity contribution in [2.45, 2.75) is 70.6 Å². The molecule has 1 amide bonds. The van der Waals surface area contributed by atoms with Crippen LogP contribution in [0.15, 0.2) is 12.3 Å². The fourth-order valence-electron chi connectivity index (χ4n) is 4.03. The Hall–Kier alpha value is -2.10. The van der Waals surface area contributed by atoms with Crippen molar-refractivity contribution in [3.8, 4) is 5.88 Å². The molecule has 0 spiro atoms. The quantitative estimate of drug-likeness (QED) is 0.466. The Morgan fingerprint density at radius 1 is 1.17 bits per heavy atom. The number of amides is 1. The van der Waals surface area contributed by atoms with Crippen LogP contribution in [0.3, 0.4) is 0 Å². The highest BCUT2D eigenvalue weighted by Gasteiger charge is 2.27. The number of ether oxygens (including phenoxy) is 1. The first kappa shape index (κ1) is 25.9. The summed E-state index contributed by atoms with van der Waals surface area (Å²) in [7, 11) is 2.14. The van der Waals surface area contributed by atoms with E-state index in [4.69, 9.17) is 10.5 Å². The number of nitrogens with two attached hydrogens (primary N) is 1. The van der Waals surface area contributed by atoms with Crippen LogP contribution in [-0.4, -0.2) is 54.1 Å². The maximum absolute atomic E-state index is 12.2. The predicted octanol–water partition coefficient (Wildman–Crippen LogP) is 2.96. The summed E-state index contributed by atoms with van der Waals surface area (Å²) in [6.45, 7) is 6.11. The predicted molar refractivity (Wildman–Crippen MR) is 122 cm³/mol. The van der Waals surface area contributed by atoms with Gasteiger partial charge in [0.1, 0.15) is 6.10 Å². The average molecular weight is 424 g/mol. The number of carbonyl (C=O) groups is 1. The van der Waals surface area contributed by atoms with Crippen molar-refractivity contribution in [3.05, 3.63) is 12.3 Å². The molecular weight excluding hydrogens is 382 g/mol. The Labute approximate surface area is 180 Å². The van der Waals surface area contributed by atoms with Gasteiger partial charge < -0.3 is 38.3 Å². The van der Waals surface area contributed by atoms with Crippen molar-refractivity contribution < 1.29 is 9.53 Å². The number of hydrogen-bond donors (Lipinski definition) is 5. The number of anilines is 2. The highest BCUT2D eigenvalue weighted by molar-refractivity contribution is 5.79. The number of hydrogen-bond acceptors (Lipinski definition) is 8. The van der Waals surface area contributed by atoms with Crippen LogP contribution in [0.25, 0.3) is 0 Å². The second-order valence-corrected chi connectivity index (χ2v) is 8.59. The zero-order valence-corrected chi connectivity index (χ0v) is 18.8. The molecule has 3 rings (SSSR count). The molecule has 30 heavy (non-hydrogen) atoms. The van der Waals surface area contributed by atoms with E-state index in [0.29, 0.717) is 17.6 Å². The van der Waals surface area contributed by atoms with E-state index >= 15 is 0 Å². The fourth-order valence-corrected chi connectivity index (χ4v) is 4.03. The molecule has 1 saturated heterocycles. The van der Waals surface area contributed by atoms with Gasteiger partial charge in [-0.25, -0.2) is 4.98 Å². The molecule has 9 nitrogen and oxygen atoms in total. The topological polar surface area (TPSA) is 163 Å². The SMILES string of the molecule is CC(C)NC(=O)C1CCC(Nc2cc(OC3CCN(C)CC3)ncc2N)CC1.N.N. The molecule has 0 radical (unpaired) electrons. The van der Waals surface area contributed by atoms with E-state index in [-0.39, 0.29) is 36.3 Å². The van der Waals surface area contributed by atoms with Crippen LogP contribution < -0.4 is 33.4 Å². The summed E-state index contributed by atoms with van der Waals surface area (Å²) in [5.74, 6) is 0.945. The van der Waals surface area contributed by atoms with E-state index in [0.717, 1.165) is 57.3 Å². The Morgan fingerprint density at radius 3 is 2.40 bits per heavy atom. The first-order valence-corrected chi connectivity index (χ1v) is 10.6. The van der Waals surface area contributed by atoms with Gasteiger partial charge in [-0.15, -0.1) is 0 Å². The van der Waals surface area contributed by atoms with Crippen LogP contribution in [-0.2, 0) is 4.79 Å². The number of nitrogens with zero attached hydrogens (tertiary/aromatic N) is 2. The van der Waals surface area contributed by atoms with Gasteiger partial charge in [-0.05, 0) is 59.4 Å². The minimum absolute atomic E-state index is 0. The molecular formula is C21H41N7O2. The Balaban J connectivity index is 0.00000225. The summed E-state index contributed by atoms with van der Waals surface area (Å²) in [4.78, 5) is 18.9. The van der Waals surface area contributed by atoms with Crippen LogP contribution >= 0.6 is 0 Å². The third-order valence-electron chi connectivity index (χ3n) is 5.75. The smallest absolute Gasteiger partial charge is 0.223 e. The van der Waals surface area contributed by atoms with Gasteiger partial charge in [0.25, 0.3) is 0 Å². The summed E-state index contributed by atoms with van der Waals surface area (Å²) in [6, 6.07) is 2.44. The number of rotatable bonds is 6. The molecule has 1 saturated carbocycles. The summed E-state index contributed by atoms with van der Waals surface area (Å²) in [5.41, 5.74) is 7.65. The van der Waals surface area contributed by atoms with Gasteiger partial charge in [0.2, 0.25) is 11.8 Å². The molecule has 1 aliphatic carbocycles. The first-order chi connectivity index (χ1) is 13.4. The second kappa shape index (κ2) is 11.9. The van der Waals surface area contributed by atoms with Gasteiger partial charge in [0.05, 0.1) is 17.6 Å². The molecule has 172 valence electrons. The average Bonchev–Trinajstić information content (AvgIpc) is 2.66. The highest BCUT2D eigenvalue weighted by Crippen LogP contribution is 2.30. The number of pyridine rings is 1. The van der Waals surface area contributed by atoms with Gasteiger partial charge in [0, 0.05) is 37.2 Å². The van der Waals surface area contributed by atoms with Crippen molar-refractivity contribution in [2.75, 3.05) is 31.2 Å². The zero-order chi connectivity index (χ0) is 20.1. The van der Waals surface area contributed by atoms with E-state index in [2.05, 4.69) is 27.6 Å². The van der Waals surface area contributed by atoms with Gasteiger partial charge >= 0.3 is 0 Å². The lowest BCUT2D eigenvalue weighted by molar-refractivity contribution is -0.126. The molecule has 10 N–H and O–H groups in total. The summed E-state index contributed by atoms with van der Waals surface area (Å²) in [5, 5.41) is 6.58. The molecule has 2 fully saturated rings. The maximum Gasteiger partial charge on any atom is 0.223 e. The minimum atomic E-state index is 0. The summed E-state index contributed by atoms with van der Waals surface area (Å²) < 4.78 is 6.09. The Bertz CT molecular complexity index is 655. The minimum Gasteiger partial charge on any atom is -0.474 e. The lowest BCUT2D eigenvalue weighted by Crippen LogP contribution is -2.39. The van der Waals surface area contributed by atoms with Crippen LogP contribution in [0.2, 0.25) is 0 Å².